The van der Waals surface area contributed by atoms with Crippen LogP contribution in [0.2, 0.25) is 0 Å². The van der Waals surface area contributed by atoms with E-state index >= 15 is 0 Å². The van der Waals surface area contributed by atoms with Gasteiger partial charge in [-0.25, -0.2) is 9.97 Å². The van der Waals surface area contributed by atoms with Crippen LogP contribution in [0.5, 0.6) is 0 Å². The molecule has 2 aromatic rings. The lowest BCUT2D eigenvalue weighted by Crippen LogP contribution is -2.28. The van der Waals surface area contributed by atoms with E-state index in [9.17, 15) is 4.79 Å². The molecule has 1 N–H and O–H groups in total. The first-order valence-corrected chi connectivity index (χ1v) is 7.41. The first-order chi connectivity index (χ1) is 10.7. The van der Waals surface area contributed by atoms with E-state index < -0.39 is 0 Å². The van der Waals surface area contributed by atoms with Crippen molar-refractivity contribution in [3.05, 3.63) is 48.0 Å². The topological polar surface area (TPSA) is 71.0 Å². The molecule has 22 heavy (non-hydrogen) atoms. The van der Waals surface area contributed by atoms with Crippen LogP contribution in [0.15, 0.2) is 36.9 Å². The Balaban J connectivity index is 1.91. The van der Waals surface area contributed by atoms with E-state index in [0.717, 1.165) is 24.9 Å². The number of pyridine rings is 1. The quantitative estimate of drug-likeness (QED) is 0.849. The molecule has 0 saturated carbocycles. The van der Waals surface area contributed by atoms with Crippen molar-refractivity contribution in [2.24, 2.45) is 0 Å². The van der Waals surface area contributed by atoms with E-state index in [-0.39, 0.29) is 5.91 Å². The maximum Gasteiger partial charge on any atom is 0.256 e. The summed E-state index contributed by atoms with van der Waals surface area (Å²) in [6.45, 7) is 3.44. The summed E-state index contributed by atoms with van der Waals surface area (Å²) in [4.78, 5) is 26.3. The maximum absolute atomic E-state index is 12.2. The van der Waals surface area contributed by atoms with Gasteiger partial charge in [0.25, 0.3) is 5.91 Å². The van der Waals surface area contributed by atoms with Gasteiger partial charge in [0, 0.05) is 44.9 Å². The molecule has 2 rings (SSSR count). The van der Waals surface area contributed by atoms with Crippen LogP contribution in [0.3, 0.4) is 0 Å². The molecular weight excluding hydrogens is 278 g/mol. The Hall–Kier alpha value is -2.50. The predicted molar refractivity (Wildman–Crippen MR) is 85.5 cm³/mol. The molecule has 0 aromatic carbocycles. The number of hydrogen-bond acceptors (Lipinski definition) is 5. The second kappa shape index (κ2) is 8.07. The summed E-state index contributed by atoms with van der Waals surface area (Å²) in [7, 11) is 1.80. The number of unbranched alkanes of at least 4 members (excludes halogenated alkanes) is 1. The van der Waals surface area contributed by atoms with Gasteiger partial charge in [-0.2, -0.15) is 0 Å². The van der Waals surface area contributed by atoms with Crippen molar-refractivity contribution in [3.63, 3.8) is 0 Å². The van der Waals surface area contributed by atoms with Crippen LogP contribution in [-0.4, -0.2) is 39.4 Å². The molecule has 6 nitrogen and oxygen atoms in total. The van der Waals surface area contributed by atoms with Gasteiger partial charge < -0.3 is 10.2 Å². The summed E-state index contributed by atoms with van der Waals surface area (Å²) in [6.07, 6.45) is 8.69. The number of aromatic nitrogens is 3. The number of rotatable bonds is 7. The van der Waals surface area contributed by atoms with Gasteiger partial charge in [-0.15, -0.1) is 0 Å². The second-order valence-electron chi connectivity index (χ2n) is 5.09. The van der Waals surface area contributed by atoms with Crippen molar-refractivity contribution in [2.75, 3.05) is 18.9 Å². The molecule has 0 spiro atoms. The number of amides is 1. The number of carbonyl (C=O) groups excluding carboxylic acids is 1. The molecule has 0 aliphatic heterocycles. The fraction of sp³-hybridized carbons (Fsp3) is 0.375. The normalized spacial score (nSPS) is 10.3. The Morgan fingerprint density at radius 3 is 2.68 bits per heavy atom. The molecule has 0 aliphatic rings. The molecule has 0 saturated heterocycles. The van der Waals surface area contributed by atoms with Gasteiger partial charge >= 0.3 is 0 Å². The minimum atomic E-state index is -0.0488. The van der Waals surface area contributed by atoms with Crippen LogP contribution in [0.4, 0.5) is 5.95 Å². The number of anilines is 1. The largest absolute Gasteiger partial charge is 0.350 e. The van der Waals surface area contributed by atoms with Crippen LogP contribution in [0, 0.1) is 0 Å². The lowest BCUT2D eigenvalue weighted by atomic mass is 10.2. The van der Waals surface area contributed by atoms with Crippen LogP contribution >= 0.6 is 0 Å². The molecule has 0 bridgehead atoms. The Morgan fingerprint density at radius 1 is 1.27 bits per heavy atom. The fourth-order valence-corrected chi connectivity index (χ4v) is 1.93. The minimum absolute atomic E-state index is 0.0488. The van der Waals surface area contributed by atoms with E-state index in [4.69, 9.17) is 0 Å². The Morgan fingerprint density at radius 2 is 2.05 bits per heavy atom. The third kappa shape index (κ3) is 4.51. The van der Waals surface area contributed by atoms with Crippen molar-refractivity contribution < 1.29 is 4.79 Å². The molecule has 0 aliphatic carbocycles. The number of nitrogens with zero attached hydrogens (tertiary/aromatic N) is 4. The highest BCUT2D eigenvalue weighted by Crippen LogP contribution is 2.06. The first-order valence-electron chi connectivity index (χ1n) is 7.41. The molecule has 6 heteroatoms. The Labute approximate surface area is 130 Å². The van der Waals surface area contributed by atoms with Crippen molar-refractivity contribution in [1.82, 2.24) is 19.9 Å². The van der Waals surface area contributed by atoms with Gasteiger partial charge in [0.1, 0.15) is 0 Å². The third-order valence-electron chi connectivity index (χ3n) is 3.27. The molecule has 0 atom stereocenters. The monoisotopic (exact) mass is 299 g/mol. The Kier molecular flexibility index (Phi) is 5.82. The summed E-state index contributed by atoms with van der Waals surface area (Å²) in [6, 6.07) is 3.85. The van der Waals surface area contributed by atoms with Crippen molar-refractivity contribution in [1.29, 1.82) is 0 Å². The fourth-order valence-electron chi connectivity index (χ4n) is 1.93. The SMILES string of the molecule is CCCCN(C)C(=O)c1cnc(NCc2cccnc2)nc1. The number of hydrogen-bond donors (Lipinski definition) is 1. The average Bonchev–Trinajstić information content (AvgIpc) is 2.58. The van der Waals surface area contributed by atoms with Gasteiger partial charge in [-0.05, 0) is 18.1 Å². The number of nitrogens with one attached hydrogen (secondary N) is 1. The first kappa shape index (κ1) is 15.9. The van der Waals surface area contributed by atoms with E-state index in [1.54, 1.807) is 36.7 Å². The minimum Gasteiger partial charge on any atom is -0.350 e. The molecule has 0 radical (unpaired) electrons. The standard InChI is InChI=1S/C16H21N5O/c1-3-4-8-21(2)15(22)14-11-19-16(20-12-14)18-10-13-6-5-7-17-9-13/h5-7,9,11-12H,3-4,8,10H2,1-2H3,(H,18,19,20). The smallest absolute Gasteiger partial charge is 0.256 e. The molecular formula is C16H21N5O. The predicted octanol–water partition coefficient (Wildman–Crippen LogP) is 2.36. The lowest BCUT2D eigenvalue weighted by molar-refractivity contribution is 0.0792. The molecule has 0 unspecified atom stereocenters. The van der Waals surface area contributed by atoms with Gasteiger partial charge in [-0.1, -0.05) is 19.4 Å². The summed E-state index contributed by atoms with van der Waals surface area (Å²) in [5.74, 6) is 0.448. The highest BCUT2D eigenvalue weighted by Gasteiger charge is 2.12. The van der Waals surface area contributed by atoms with Crippen molar-refractivity contribution >= 4 is 11.9 Å². The zero-order valence-electron chi connectivity index (χ0n) is 13.0. The molecule has 0 fully saturated rings. The number of carbonyl (C=O) groups is 1. The molecule has 116 valence electrons. The van der Waals surface area contributed by atoms with Crippen LogP contribution in [0.1, 0.15) is 35.7 Å². The summed E-state index contributed by atoms with van der Waals surface area (Å²) in [5, 5.41) is 3.10. The van der Waals surface area contributed by atoms with E-state index in [1.807, 2.05) is 12.1 Å². The maximum atomic E-state index is 12.2. The van der Waals surface area contributed by atoms with Crippen LogP contribution in [0.25, 0.3) is 0 Å². The Bertz CT molecular complexity index is 585. The highest BCUT2D eigenvalue weighted by molar-refractivity contribution is 5.93. The van der Waals surface area contributed by atoms with Crippen molar-refractivity contribution in [3.8, 4) is 0 Å². The molecule has 2 aromatic heterocycles. The van der Waals surface area contributed by atoms with E-state index in [1.165, 1.54) is 0 Å². The lowest BCUT2D eigenvalue weighted by Gasteiger charge is -2.16. The zero-order chi connectivity index (χ0) is 15.8. The summed E-state index contributed by atoms with van der Waals surface area (Å²) < 4.78 is 0. The third-order valence-corrected chi connectivity index (χ3v) is 3.27. The zero-order valence-corrected chi connectivity index (χ0v) is 13.0. The van der Waals surface area contributed by atoms with Gasteiger partial charge in [0.2, 0.25) is 5.95 Å². The van der Waals surface area contributed by atoms with Crippen LogP contribution in [-0.2, 0) is 6.54 Å². The molecule has 1 amide bonds. The van der Waals surface area contributed by atoms with Gasteiger partial charge in [0.05, 0.1) is 5.56 Å². The average molecular weight is 299 g/mol. The van der Waals surface area contributed by atoms with E-state index in [2.05, 4.69) is 27.2 Å². The summed E-state index contributed by atoms with van der Waals surface area (Å²) in [5.41, 5.74) is 1.55. The van der Waals surface area contributed by atoms with Gasteiger partial charge in [0.15, 0.2) is 0 Å². The van der Waals surface area contributed by atoms with Gasteiger partial charge in [-0.3, -0.25) is 9.78 Å². The molecule has 2 heterocycles. The van der Waals surface area contributed by atoms with E-state index in [0.29, 0.717) is 18.1 Å². The summed E-state index contributed by atoms with van der Waals surface area (Å²) >= 11 is 0. The highest BCUT2D eigenvalue weighted by atomic mass is 16.2. The van der Waals surface area contributed by atoms with Crippen LogP contribution < -0.4 is 5.32 Å². The van der Waals surface area contributed by atoms with Crippen molar-refractivity contribution in [2.45, 2.75) is 26.3 Å². The second-order valence-corrected chi connectivity index (χ2v) is 5.09.